The van der Waals surface area contributed by atoms with Crippen LogP contribution >= 0.6 is 0 Å². The molecule has 3 N–H and O–H groups in total. The van der Waals surface area contributed by atoms with E-state index in [0.29, 0.717) is 0 Å². The lowest BCUT2D eigenvalue weighted by Gasteiger charge is -2.13. The lowest BCUT2D eigenvalue weighted by atomic mass is 9.93. The van der Waals surface area contributed by atoms with Crippen LogP contribution in [-0.4, -0.2) is 26.9 Å². The Labute approximate surface area is 83.9 Å². The third-order valence-corrected chi connectivity index (χ3v) is 2.15. The summed E-state index contributed by atoms with van der Waals surface area (Å²) in [4.78, 5) is 22.4. The Morgan fingerprint density at radius 3 is 2.33 bits per heavy atom. The molecule has 0 saturated heterocycles. The van der Waals surface area contributed by atoms with Gasteiger partial charge in [-0.15, -0.1) is 0 Å². The van der Waals surface area contributed by atoms with Crippen LogP contribution in [0.3, 0.4) is 0 Å². The third kappa shape index (κ3) is 1.17. The van der Waals surface area contributed by atoms with Crippen molar-refractivity contribution in [3.63, 3.8) is 0 Å². The van der Waals surface area contributed by atoms with Gasteiger partial charge in [0.05, 0.1) is 5.56 Å². The number of carbonyl (C=O) groups is 2. The molecule has 0 aromatic heterocycles. The number of allylic oxidation sites excluding steroid dienone is 1. The molecule has 5 nitrogen and oxygen atoms in total. The first-order chi connectivity index (χ1) is 7.02. The molecule has 1 aliphatic rings. The number of hydrogen-bond acceptors (Lipinski definition) is 5. The molecule has 15 heavy (non-hydrogen) atoms. The first kappa shape index (κ1) is 9.26. The standard InChI is InChI=1S/C10H6O5/c11-5-2-1-4-6(12)3-7(13)10(15)8(4)9(5)14/h1-3,11-12,14H. The van der Waals surface area contributed by atoms with Gasteiger partial charge in [-0.1, -0.05) is 0 Å². The summed E-state index contributed by atoms with van der Waals surface area (Å²) in [5.74, 6) is -3.47. The highest BCUT2D eigenvalue weighted by molar-refractivity contribution is 6.51. The Kier molecular flexibility index (Phi) is 1.76. The zero-order valence-electron chi connectivity index (χ0n) is 7.39. The second-order valence-electron chi connectivity index (χ2n) is 3.08. The summed E-state index contributed by atoms with van der Waals surface area (Å²) in [7, 11) is 0. The van der Waals surface area contributed by atoms with Crippen LogP contribution in [0.4, 0.5) is 0 Å². The third-order valence-electron chi connectivity index (χ3n) is 2.15. The highest BCUT2D eigenvalue weighted by Gasteiger charge is 2.29. The van der Waals surface area contributed by atoms with E-state index in [2.05, 4.69) is 0 Å². The first-order valence-corrected chi connectivity index (χ1v) is 4.07. The van der Waals surface area contributed by atoms with E-state index < -0.39 is 28.8 Å². The van der Waals surface area contributed by atoms with Gasteiger partial charge in [-0.05, 0) is 12.1 Å². The highest BCUT2D eigenvalue weighted by atomic mass is 16.3. The molecule has 0 aliphatic heterocycles. The van der Waals surface area contributed by atoms with Gasteiger partial charge in [0.2, 0.25) is 11.6 Å². The molecule has 0 bridgehead atoms. The number of benzene rings is 1. The lowest BCUT2D eigenvalue weighted by molar-refractivity contribution is -0.111. The van der Waals surface area contributed by atoms with E-state index in [-0.39, 0.29) is 11.1 Å². The van der Waals surface area contributed by atoms with Gasteiger partial charge in [-0.2, -0.15) is 0 Å². The minimum absolute atomic E-state index is 0.0369. The maximum atomic E-state index is 11.4. The van der Waals surface area contributed by atoms with Crippen LogP contribution in [0.1, 0.15) is 15.9 Å². The predicted octanol–water partition coefficient (Wildman–Crippen LogP) is 0.762. The number of aliphatic hydroxyl groups is 1. The van der Waals surface area contributed by atoms with Crippen molar-refractivity contribution in [2.45, 2.75) is 0 Å². The monoisotopic (exact) mass is 206 g/mol. The number of phenolic OH excluding ortho intramolecular Hbond substituents is 2. The summed E-state index contributed by atoms with van der Waals surface area (Å²) >= 11 is 0. The SMILES string of the molecule is O=C1C=C(O)c2ccc(O)c(O)c2C1=O. The molecule has 76 valence electrons. The molecule has 2 rings (SSSR count). The van der Waals surface area contributed by atoms with Crippen LogP contribution in [0.2, 0.25) is 0 Å². The van der Waals surface area contributed by atoms with E-state index in [4.69, 9.17) is 5.11 Å². The number of aliphatic hydroxyl groups excluding tert-OH is 1. The summed E-state index contributed by atoms with van der Waals surface area (Å²) < 4.78 is 0. The molecule has 0 unspecified atom stereocenters. The van der Waals surface area contributed by atoms with Gasteiger partial charge < -0.3 is 15.3 Å². The molecule has 0 fully saturated rings. The maximum Gasteiger partial charge on any atom is 0.237 e. The van der Waals surface area contributed by atoms with Crippen molar-refractivity contribution in [1.29, 1.82) is 0 Å². The zero-order chi connectivity index (χ0) is 11.2. The minimum atomic E-state index is -0.948. The molecule has 5 heteroatoms. The summed E-state index contributed by atoms with van der Waals surface area (Å²) in [5, 5.41) is 27.9. The molecule has 1 aromatic rings. The molecule has 0 radical (unpaired) electrons. The smallest absolute Gasteiger partial charge is 0.237 e. The van der Waals surface area contributed by atoms with Crippen LogP contribution in [0.25, 0.3) is 5.76 Å². The van der Waals surface area contributed by atoms with Crippen LogP contribution < -0.4 is 0 Å². The fourth-order valence-electron chi connectivity index (χ4n) is 1.41. The van der Waals surface area contributed by atoms with Crippen molar-refractivity contribution in [3.8, 4) is 11.5 Å². The Morgan fingerprint density at radius 2 is 1.67 bits per heavy atom. The van der Waals surface area contributed by atoms with Crippen molar-refractivity contribution in [2.24, 2.45) is 0 Å². The Bertz CT molecular complexity index is 513. The number of carbonyl (C=O) groups excluding carboxylic acids is 2. The number of phenols is 2. The van der Waals surface area contributed by atoms with E-state index in [1.165, 1.54) is 6.07 Å². The number of Topliss-reactive ketones (excluding diaryl/α,β-unsaturated/α-hetero) is 1. The van der Waals surface area contributed by atoms with Crippen molar-refractivity contribution in [3.05, 3.63) is 29.3 Å². The molecule has 0 atom stereocenters. The van der Waals surface area contributed by atoms with Gasteiger partial charge >= 0.3 is 0 Å². The number of fused-ring (bicyclic) bond motifs is 1. The van der Waals surface area contributed by atoms with E-state index in [1.54, 1.807) is 0 Å². The maximum absolute atomic E-state index is 11.4. The molecular weight excluding hydrogens is 200 g/mol. The lowest BCUT2D eigenvalue weighted by Crippen LogP contribution is -2.18. The molecule has 1 aromatic carbocycles. The average molecular weight is 206 g/mol. The van der Waals surface area contributed by atoms with Crippen LogP contribution in [0.15, 0.2) is 18.2 Å². The Balaban J connectivity index is 2.81. The predicted molar refractivity (Wildman–Crippen MR) is 49.7 cm³/mol. The molecule has 1 aliphatic carbocycles. The zero-order valence-corrected chi connectivity index (χ0v) is 7.39. The van der Waals surface area contributed by atoms with Gasteiger partial charge in [0.25, 0.3) is 0 Å². The Hall–Kier alpha value is -2.30. The number of hydrogen-bond donors (Lipinski definition) is 3. The number of ketones is 2. The second kappa shape index (κ2) is 2.84. The van der Waals surface area contributed by atoms with Gasteiger partial charge in [0, 0.05) is 11.6 Å². The van der Waals surface area contributed by atoms with Gasteiger partial charge in [-0.25, -0.2) is 0 Å². The average Bonchev–Trinajstić information content (AvgIpc) is 2.19. The fraction of sp³-hybridized carbons (Fsp3) is 0. The van der Waals surface area contributed by atoms with E-state index >= 15 is 0 Å². The molecule has 0 spiro atoms. The number of rotatable bonds is 0. The quantitative estimate of drug-likeness (QED) is 0.430. The van der Waals surface area contributed by atoms with Crippen LogP contribution in [0.5, 0.6) is 11.5 Å². The molecule has 0 heterocycles. The molecule has 0 saturated carbocycles. The second-order valence-corrected chi connectivity index (χ2v) is 3.08. The summed E-state index contributed by atoms with van der Waals surface area (Å²) in [6.07, 6.45) is 0.779. The summed E-state index contributed by atoms with van der Waals surface area (Å²) in [6, 6.07) is 2.38. The summed E-state index contributed by atoms with van der Waals surface area (Å²) in [5.41, 5.74) is -0.324. The van der Waals surface area contributed by atoms with Crippen molar-refractivity contribution in [2.75, 3.05) is 0 Å². The number of aromatic hydroxyl groups is 2. The van der Waals surface area contributed by atoms with Gasteiger partial charge in [0.1, 0.15) is 5.76 Å². The summed E-state index contributed by atoms with van der Waals surface area (Å²) in [6.45, 7) is 0. The fourth-order valence-corrected chi connectivity index (χ4v) is 1.41. The van der Waals surface area contributed by atoms with Crippen molar-refractivity contribution >= 4 is 17.3 Å². The first-order valence-electron chi connectivity index (χ1n) is 4.07. The minimum Gasteiger partial charge on any atom is -0.507 e. The van der Waals surface area contributed by atoms with Crippen LogP contribution in [0, 0.1) is 0 Å². The van der Waals surface area contributed by atoms with E-state index in [1.807, 2.05) is 0 Å². The normalized spacial score (nSPS) is 14.8. The molecular formula is C10H6O5. The Morgan fingerprint density at radius 1 is 1.00 bits per heavy atom. The largest absolute Gasteiger partial charge is 0.507 e. The topological polar surface area (TPSA) is 94.8 Å². The molecule has 0 amide bonds. The van der Waals surface area contributed by atoms with Gasteiger partial charge in [0.15, 0.2) is 11.5 Å². The van der Waals surface area contributed by atoms with E-state index in [9.17, 15) is 19.8 Å². The highest BCUT2D eigenvalue weighted by Crippen LogP contribution is 2.36. The van der Waals surface area contributed by atoms with Crippen molar-refractivity contribution in [1.82, 2.24) is 0 Å². The van der Waals surface area contributed by atoms with Crippen LogP contribution in [-0.2, 0) is 4.79 Å². The van der Waals surface area contributed by atoms with Crippen molar-refractivity contribution < 1.29 is 24.9 Å². The van der Waals surface area contributed by atoms with E-state index in [0.717, 1.165) is 12.1 Å². The van der Waals surface area contributed by atoms with Gasteiger partial charge in [-0.3, -0.25) is 9.59 Å².